The fourth-order valence-electron chi connectivity index (χ4n) is 3.25. The average molecular weight is 367 g/mol. The first-order valence-electron chi connectivity index (χ1n) is 8.52. The molecule has 1 amide bonds. The third kappa shape index (κ3) is 4.15. The van der Waals surface area contributed by atoms with Gasteiger partial charge in [0.2, 0.25) is 0 Å². The van der Waals surface area contributed by atoms with E-state index in [0.29, 0.717) is 18.4 Å². The number of nitrogens with zero attached hydrogens (tertiary/aromatic N) is 1. The number of amides is 1. The van der Waals surface area contributed by atoms with Gasteiger partial charge in [-0.25, -0.2) is 4.79 Å². The number of fused-ring (bicyclic) bond motifs is 1. The standard InChI is InChI=1S/C18H25NO5S/c1-12-5-7-14(8-6-12)25(21,22)23-11-16-15-9-13(15)10-19(16)17(20)24-18(2,3)4/h5-8,13,15-16H,9-11H2,1-4H3/t13-,15-,16+/m1/s1. The predicted molar refractivity (Wildman–Crippen MR) is 92.6 cm³/mol. The van der Waals surface area contributed by atoms with Gasteiger partial charge in [-0.1, -0.05) is 17.7 Å². The van der Waals surface area contributed by atoms with Gasteiger partial charge in [0.05, 0.1) is 17.5 Å². The zero-order valence-corrected chi connectivity index (χ0v) is 15.9. The smallest absolute Gasteiger partial charge is 0.410 e. The minimum Gasteiger partial charge on any atom is -0.444 e. The summed E-state index contributed by atoms with van der Waals surface area (Å²) in [6.07, 6.45) is 0.610. The van der Waals surface area contributed by atoms with Gasteiger partial charge < -0.3 is 9.64 Å². The van der Waals surface area contributed by atoms with E-state index in [1.54, 1.807) is 17.0 Å². The van der Waals surface area contributed by atoms with Gasteiger partial charge in [0.1, 0.15) is 5.60 Å². The predicted octanol–water partition coefficient (Wildman–Crippen LogP) is 2.96. The molecule has 1 aliphatic carbocycles. The maximum Gasteiger partial charge on any atom is 0.410 e. The summed E-state index contributed by atoms with van der Waals surface area (Å²) < 4.78 is 35.4. The minimum atomic E-state index is -3.83. The van der Waals surface area contributed by atoms with E-state index in [1.807, 2.05) is 27.7 Å². The summed E-state index contributed by atoms with van der Waals surface area (Å²) in [6.45, 7) is 7.91. The molecule has 1 aromatic carbocycles. The molecule has 0 radical (unpaired) electrons. The van der Waals surface area contributed by atoms with E-state index in [0.717, 1.165) is 12.0 Å². The Labute approximate surface area is 149 Å². The maximum atomic E-state index is 12.4. The Hall–Kier alpha value is -1.60. The molecule has 138 valence electrons. The highest BCUT2D eigenvalue weighted by Gasteiger charge is 2.55. The van der Waals surface area contributed by atoms with Crippen LogP contribution in [-0.2, 0) is 19.0 Å². The van der Waals surface area contributed by atoms with Gasteiger partial charge in [-0.2, -0.15) is 8.42 Å². The van der Waals surface area contributed by atoms with Crippen LogP contribution >= 0.6 is 0 Å². The van der Waals surface area contributed by atoms with Crippen molar-refractivity contribution in [2.45, 2.75) is 50.7 Å². The summed E-state index contributed by atoms with van der Waals surface area (Å²) >= 11 is 0. The fourth-order valence-corrected chi connectivity index (χ4v) is 4.17. The Balaban J connectivity index is 1.66. The van der Waals surface area contributed by atoms with Crippen molar-refractivity contribution in [3.63, 3.8) is 0 Å². The van der Waals surface area contributed by atoms with Crippen LogP contribution in [0.25, 0.3) is 0 Å². The number of piperidine rings is 1. The lowest BCUT2D eigenvalue weighted by atomic mass is 10.2. The van der Waals surface area contributed by atoms with Crippen molar-refractivity contribution in [2.75, 3.05) is 13.2 Å². The average Bonchev–Trinajstić information content (AvgIpc) is 3.16. The molecule has 0 unspecified atom stereocenters. The number of carbonyl (C=O) groups is 1. The molecule has 6 nitrogen and oxygen atoms in total. The lowest BCUT2D eigenvalue weighted by Crippen LogP contribution is -2.44. The molecule has 0 spiro atoms. The third-order valence-corrected chi connectivity index (χ3v) is 5.93. The highest BCUT2D eigenvalue weighted by Crippen LogP contribution is 2.50. The molecular weight excluding hydrogens is 342 g/mol. The van der Waals surface area contributed by atoms with Crippen LogP contribution < -0.4 is 0 Å². The molecule has 0 aromatic heterocycles. The van der Waals surface area contributed by atoms with Crippen LogP contribution in [0.4, 0.5) is 4.79 Å². The van der Waals surface area contributed by atoms with Crippen molar-refractivity contribution in [1.29, 1.82) is 0 Å². The van der Waals surface area contributed by atoms with Crippen molar-refractivity contribution in [2.24, 2.45) is 11.8 Å². The van der Waals surface area contributed by atoms with Crippen molar-refractivity contribution < 1.29 is 22.1 Å². The van der Waals surface area contributed by atoms with Crippen molar-refractivity contribution in [1.82, 2.24) is 4.90 Å². The molecule has 1 aromatic rings. The van der Waals surface area contributed by atoms with E-state index in [2.05, 4.69) is 0 Å². The van der Waals surface area contributed by atoms with Crippen molar-refractivity contribution in [3.8, 4) is 0 Å². The van der Waals surface area contributed by atoms with Gasteiger partial charge in [-0.3, -0.25) is 4.18 Å². The van der Waals surface area contributed by atoms with Crippen LogP contribution in [0.2, 0.25) is 0 Å². The summed E-state index contributed by atoms with van der Waals surface area (Å²) in [7, 11) is -3.83. The van der Waals surface area contributed by atoms with Gasteiger partial charge in [-0.15, -0.1) is 0 Å². The number of hydrogen-bond donors (Lipinski definition) is 0. The molecule has 1 heterocycles. The molecule has 0 bridgehead atoms. The summed E-state index contributed by atoms with van der Waals surface area (Å²) in [5.41, 5.74) is 0.398. The molecule has 2 fully saturated rings. The number of ether oxygens (including phenoxy) is 1. The molecule has 0 N–H and O–H groups in total. The zero-order valence-electron chi connectivity index (χ0n) is 15.1. The molecule has 1 saturated heterocycles. The Morgan fingerprint density at radius 2 is 1.88 bits per heavy atom. The molecule has 1 saturated carbocycles. The zero-order chi connectivity index (χ0) is 18.4. The SMILES string of the molecule is Cc1ccc(S(=O)(=O)OC[C@H]2[C@@H]3C[C@@H]3CN2C(=O)OC(C)(C)C)cc1. The quantitative estimate of drug-likeness (QED) is 0.765. The number of likely N-dealkylation sites (tertiary alicyclic amines) is 1. The third-order valence-electron chi connectivity index (χ3n) is 4.63. The Morgan fingerprint density at radius 1 is 1.24 bits per heavy atom. The lowest BCUT2D eigenvalue weighted by molar-refractivity contribution is 0.0149. The second-order valence-corrected chi connectivity index (χ2v) is 9.53. The maximum absolute atomic E-state index is 12.4. The Kier molecular flexibility index (Phi) is 4.58. The summed E-state index contributed by atoms with van der Waals surface area (Å²) in [4.78, 5) is 14.1. The first-order valence-corrected chi connectivity index (χ1v) is 9.93. The van der Waals surface area contributed by atoms with Crippen LogP contribution in [0.5, 0.6) is 0 Å². The van der Waals surface area contributed by atoms with Gasteiger partial charge >= 0.3 is 6.09 Å². The van der Waals surface area contributed by atoms with Gasteiger partial charge in [0.15, 0.2) is 0 Å². The summed E-state index contributed by atoms with van der Waals surface area (Å²) in [5, 5.41) is 0. The molecule has 7 heteroatoms. The lowest BCUT2D eigenvalue weighted by Gasteiger charge is -2.30. The van der Waals surface area contributed by atoms with Gasteiger partial charge in [0, 0.05) is 6.54 Å². The molecule has 2 aliphatic rings. The minimum absolute atomic E-state index is 0.0311. The van der Waals surface area contributed by atoms with Crippen LogP contribution in [0, 0.1) is 18.8 Å². The van der Waals surface area contributed by atoms with Crippen molar-refractivity contribution >= 4 is 16.2 Å². The molecule has 3 atom stereocenters. The Morgan fingerprint density at radius 3 is 2.48 bits per heavy atom. The molecule has 25 heavy (non-hydrogen) atoms. The van der Waals surface area contributed by atoms with Crippen LogP contribution in [0.1, 0.15) is 32.8 Å². The van der Waals surface area contributed by atoms with Crippen LogP contribution in [0.3, 0.4) is 0 Å². The van der Waals surface area contributed by atoms with Crippen LogP contribution in [0.15, 0.2) is 29.2 Å². The fraction of sp³-hybridized carbons (Fsp3) is 0.611. The number of rotatable bonds is 4. The number of hydrogen-bond acceptors (Lipinski definition) is 5. The van der Waals surface area contributed by atoms with E-state index in [4.69, 9.17) is 8.92 Å². The highest BCUT2D eigenvalue weighted by atomic mass is 32.2. The van der Waals surface area contributed by atoms with E-state index in [9.17, 15) is 13.2 Å². The summed E-state index contributed by atoms with van der Waals surface area (Å²) in [6, 6.07) is 6.28. The van der Waals surface area contributed by atoms with Crippen molar-refractivity contribution in [3.05, 3.63) is 29.8 Å². The Bertz CT molecular complexity index is 751. The van der Waals surface area contributed by atoms with Gasteiger partial charge in [-0.05, 0) is 58.1 Å². The van der Waals surface area contributed by atoms with E-state index in [-0.39, 0.29) is 17.5 Å². The molecule has 1 aliphatic heterocycles. The van der Waals surface area contributed by atoms with E-state index in [1.165, 1.54) is 12.1 Å². The number of carbonyl (C=O) groups excluding carboxylic acids is 1. The second-order valence-electron chi connectivity index (χ2n) is 7.91. The second kappa shape index (κ2) is 6.29. The monoisotopic (exact) mass is 367 g/mol. The van der Waals surface area contributed by atoms with E-state index < -0.39 is 21.8 Å². The summed E-state index contributed by atoms with van der Waals surface area (Å²) in [5.74, 6) is 0.740. The van der Waals surface area contributed by atoms with Crippen LogP contribution in [-0.4, -0.2) is 44.2 Å². The number of benzene rings is 1. The normalized spacial score (nSPS) is 25.6. The van der Waals surface area contributed by atoms with Gasteiger partial charge in [0.25, 0.3) is 10.1 Å². The molecular formula is C18H25NO5S. The van der Waals surface area contributed by atoms with E-state index >= 15 is 0 Å². The largest absolute Gasteiger partial charge is 0.444 e. The number of aryl methyl sites for hydroxylation is 1. The highest BCUT2D eigenvalue weighted by molar-refractivity contribution is 7.86. The molecule has 3 rings (SSSR count). The topological polar surface area (TPSA) is 72.9 Å². The first-order chi connectivity index (χ1) is 11.6. The first kappa shape index (κ1) is 18.2.